The van der Waals surface area contributed by atoms with Gasteiger partial charge in [0.2, 0.25) is 0 Å². The topological polar surface area (TPSA) is 63.6 Å². The van der Waals surface area contributed by atoms with Crippen molar-refractivity contribution < 1.29 is 19.4 Å². The average Bonchev–Trinajstić information content (AvgIpc) is 2.02. The molecule has 0 heterocycles. The average molecular weight is 206 g/mol. The first kappa shape index (κ1) is 12.4. The molecule has 0 fully saturated rings. The summed E-state index contributed by atoms with van der Waals surface area (Å²) >= 11 is 1.50. The summed E-state index contributed by atoms with van der Waals surface area (Å²) in [5.41, 5.74) is 0. The minimum atomic E-state index is -0.475. The molecule has 5 heteroatoms. The summed E-state index contributed by atoms with van der Waals surface area (Å²) in [6.45, 7) is 1.78. The number of hydrogen-bond donors (Lipinski definition) is 1. The molecule has 0 aromatic heterocycles. The molecular weight excluding hydrogens is 192 g/mol. The van der Waals surface area contributed by atoms with E-state index in [4.69, 9.17) is 9.84 Å². The zero-order valence-electron chi connectivity index (χ0n) is 7.62. The van der Waals surface area contributed by atoms with Crippen LogP contribution < -0.4 is 0 Å². The van der Waals surface area contributed by atoms with Gasteiger partial charge in [-0.05, 0) is 6.92 Å². The Bertz CT molecular complexity index is 170. The summed E-state index contributed by atoms with van der Waals surface area (Å²) in [5, 5.41) is 8.42. The Labute approximate surface area is 81.6 Å². The number of rotatable bonds is 7. The first-order chi connectivity index (χ1) is 6.16. The van der Waals surface area contributed by atoms with Crippen LogP contribution in [0.5, 0.6) is 0 Å². The van der Waals surface area contributed by atoms with Crippen LogP contribution in [0.4, 0.5) is 0 Å². The van der Waals surface area contributed by atoms with E-state index < -0.39 is 5.97 Å². The Morgan fingerprint density at radius 1 is 1.38 bits per heavy atom. The number of aliphatic hydroxyl groups excluding tert-OH is 1. The van der Waals surface area contributed by atoms with Gasteiger partial charge in [0.15, 0.2) is 0 Å². The van der Waals surface area contributed by atoms with Gasteiger partial charge >= 0.3 is 5.97 Å². The third-order valence-corrected chi connectivity index (χ3v) is 2.05. The van der Waals surface area contributed by atoms with E-state index in [1.54, 1.807) is 0 Å². The van der Waals surface area contributed by atoms with Crippen LogP contribution in [0.3, 0.4) is 0 Å². The van der Waals surface area contributed by atoms with Crippen molar-refractivity contribution >= 4 is 23.5 Å². The molecule has 0 aromatic rings. The Morgan fingerprint density at radius 2 is 2.08 bits per heavy atom. The maximum absolute atomic E-state index is 10.8. The fraction of sp³-hybridized carbons (Fsp3) is 0.750. The van der Waals surface area contributed by atoms with E-state index in [0.717, 1.165) is 0 Å². The number of ketones is 1. The van der Waals surface area contributed by atoms with Crippen molar-refractivity contribution in [3.05, 3.63) is 0 Å². The molecule has 0 unspecified atom stereocenters. The van der Waals surface area contributed by atoms with Crippen LogP contribution in [-0.4, -0.2) is 41.6 Å². The molecule has 0 amide bonds. The number of Topliss-reactive ketones (excluding diaryl/α,β-unsaturated/α-hetero) is 1. The summed E-state index contributed by atoms with van der Waals surface area (Å²) in [6, 6.07) is 0. The zero-order chi connectivity index (χ0) is 10.1. The number of esters is 1. The van der Waals surface area contributed by atoms with Crippen molar-refractivity contribution in [2.75, 3.05) is 24.7 Å². The van der Waals surface area contributed by atoms with Crippen molar-refractivity contribution in [3.8, 4) is 0 Å². The number of aliphatic hydroxyl groups is 1. The molecule has 0 rings (SSSR count). The molecule has 4 nitrogen and oxygen atoms in total. The molecule has 0 aliphatic rings. The third kappa shape index (κ3) is 9.36. The quantitative estimate of drug-likeness (QED) is 0.367. The Kier molecular flexibility index (Phi) is 7.73. The molecule has 76 valence electrons. The van der Waals surface area contributed by atoms with Gasteiger partial charge in [0.25, 0.3) is 0 Å². The molecule has 0 radical (unpaired) electrons. The van der Waals surface area contributed by atoms with Crippen molar-refractivity contribution in [2.24, 2.45) is 0 Å². The highest BCUT2D eigenvalue weighted by molar-refractivity contribution is 7.99. The first-order valence-corrected chi connectivity index (χ1v) is 5.16. The Hall–Kier alpha value is -0.550. The van der Waals surface area contributed by atoms with Crippen LogP contribution in [0.15, 0.2) is 0 Å². The van der Waals surface area contributed by atoms with Crippen molar-refractivity contribution in [1.29, 1.82) is 0 Å². The molecule has 0 atom stereocenters. The van der Waals surface area contributed by atoms with Crippen molar-refractivity contribution in [2.45, 2.75) is 13.3 Å². The SMILES string of the molecule is CC(=O)CC(=O)OCCSCCO. The minimum Gasteiger partial charge on any atom is -0.464 e. The van der Waals surface area contributed by atoms with Gasteiger partial charge in [0, 0.05) is 11.5 Å². The summed E-state index contributed by atoms with van der Waals surface area (Å²) in [7, 11) is 0. The first-order valence-electron chi connectivity index (χ1n) is 4.00. The second-order valence-electron chi connectivity index (χ2n) is 2.44. The summed E-state index contributed by atoms with van der Waals surface area (Å²) in [6.07, 6.45) is -0.148. The van der Waals surface area contributed by atoms with E-state index in [0.29, 0.717) is 18.1 Å². The van der Waals surface area contributed by atoms with Crippen LogP contribution in [0, 0.1) is 0 Å². The maximum atomic E-state index is 10.8. The number of ether oxygens (including phenoxy) is 1. The smallest absolute Gasteiger partial charge is 0.313 e. The van der Waals surface area contributed by atoms with Crippen LogP contribution in [-0.2, 0) is 14.3 Å². The summed E-state index contributed by atoms with van der Waals surface area (Å²) < 4.78 is 4.74. The van der Waals surface area contributed by atoms with Gasteiger partial charge in [-0.25, -0.2) is 0 Å². The lowest BCUT2D eigenvalue weighted by molar-refractivity contribution is -0.145. The van der Waals surface area contributed by atoms with Gasteiger partial charge in [0.05, 0.1) is 6.61 Å². The van der Waals surface area contributed by atoms with E-state index in [1.807, 2.05) is 0 Å². The lowest BCUT2D eigenvalue weighted by Crippen LogP contribution is -2.11. The fourth-order valence-corrected chi connectivity index (χ4v) is 1.17. The third-order valence-electron chi connectivity index (χ3n) is 1.12. The normalized spacial score (nSPS) is 9.69. The van der Waals surface area contributed by atoms with Gasteiger partial charge in [0.1, 0.15) is 18.8 Å². The van der Waals surface area contributed by atoms with E-state index in [2.05, 4.69) is 0 Å². The van der Waals surface area contributed by atoms with Gasteiger partial charge in [-0.2, -0.15) is 11.8 Å². The highest BCUT2D eigenvalue weighted by atomic mass is 32.2. The van der Waals surface area contributed by atoms with E-state index in [1.165, 1.54) is 18.7 Å². The second-order valence-corrected chi connectivity index (χ2v) is 3.66. The molecule has 0 spiro atoms. The maximum Gasteiger partial charge on any atom is 0.313 e. The largest absolute Gasteiger partial charge is 0.464 e. The molecular formula is C8H14O4S. The fourth-order valence-electron chi connectivity index (χ4n) is 0.635. The van der Waals surface area contributed by atoms with Gasteiger partial charge in [-0.1, -0.05) is 0 Å². The van der Waals surface area contributed by atoms with Crippen molar-refractivity contribution in [1.82, 2.24) is 0 Å². The van der Waals surface area contributed by atoms with Crippen LogP contribution in [0.25, 0.3) is 0 Å². The monoisotopic (exact) mass is 206 g/mol. The van der Waals surface area contributed by atoms with Gasteiger partial charge in [-0.3, -0.25) is 9.59 Å². The lowest BCUT2D eigenvalue weighted by Gasteiger charge is -2.02. The molecule has 0 bridgehead atoms. The molecule has 0 saturated carbocycles. The van der Waals surface area contributed by atoms with E-state index in [9.17, 15) is 9.59 Å². The predicted octanol–water partition coefficient (Wildman–Crippen LogP) is 0.234. The molecule has 0 saturated heterocycles. The standard InChI is InChI=1S/C8H14O4S/c1-7(10)6-8(11)12-3-5-13-4-2-9/h9H,2-6H2,1H3. The molecule has 0 aliphatic heterocycles. The molecule has 0 aromatic carbocycles. The van der Waals surface area contributed by atoms with Crippen LogP contribution in [0.1, 0.15) is 13.3 Å². The Morgan fingerprint density at radius 3 is 2.62 bits per heavy atom. The van der Waals surface area contributed by atoms with E-state index in [-0.39, 0.29) is 18.8 Å². The number of thioether (sulfide) groups is 1. The Balaban J connectivity index is 3.22. The predicted molar refractivity (Wildman–Crippen MR) is 50.7 cm³/mol. The number of carbonyl (C=O) groups excluding carboxylic acids is 2. The highest BCUT2D eigenvalue weighted by Gasteiger charge is 2.05. The van der Waals surface area contributed by atoms with E-state index >= 15 is 0 Å². The van der Waals surface area contributed by atoms with Crippen molar-refractivity contribution in [3.63, 3.8) is 0 Å². The summed E-state index contributed by atoms with van der Waals surface area (Å²) in [4.78, 5) is 21.2. The molecule has 13 heavy (non-hydrogen) atoms. The minimum absolute atomic E-state index is 0.131. The van der Waals surface area contributed by atoms with Crippen LogP contribution >= 0.6 is 11.8 Å². The second kappa shape index (κ2) is 8.07. The summed E-state index contributed by atoms with van der Waals surface area (Å²) in [5.74, 6) is 0.638. The van der Waals surface area contributed by atoms with Crippen LogP contribution in [0.2, 0.25) is 0 Å². The lowest BCUT2D eigenvalue weighted by atomic mass is 10.3. The highest BCUT2D eigenvalue weighted by Crippen LogP contribution is 1.98. The van der Waals surface area contributed by atoms with Gasteiger partial charge < -0.3 is 9.84 Å². The number of carbonyl (C=O) groups is 2. The zero-order valence-corrected chi connectivity index (χ0v) is 8.43. The molecule has 1 N–H and O–H groups in total. The molecule has 0 aliphatic carbocycles. The van der Waals surface area contributed by atoms with Gasteiger partial charge in [-0.15, -0.1) is 0 Å². The number of hydrogen-bond acceptors (Lipinski definition) is 5.